The van der Waals surface area contributed by atoms with Crippen LogP contribution in [0.25, 0.3) is 0 Å². The first kappa shape index (κ1) is 17.4. The van der Waals surface area contributed by atoms with Crippen LogP contribution in [-0.4, -0.2) is 56.1 Å². The first-order chi connectivity index (χ1) is 12.0. The molecule has 1 aliphatic heterocycles. The smallest absolute Gasteiger partial charge is 0.271 e. The standard InChI is InChI=1S/C16H20N4O5/c17-14-10(16(24)18-6-8-4-2-1-3-5-8)19-15(20-14)13-12(23)11(22)9(7-21)25-13/h1-5,9,11-13,21-23H,6-7,17H2,(H,18,24)(H,19,20)/t9-,11+,12+,13-/m1/s1. The third kappa shape index (κ3) is 3.49. The van der Waals surface area contributed by atoms with Gasteiger partial charge in [0, 0.05) is 6.54 Å². The van der Waals surface area contributed by atoms with Gasteiger partial charge in [0.05, 0.1) is 6.61 Å². The van der Waals surface area contributed by atoms with Gasteiger partial charge in [0.1, 0.15) is 35.9 Å². The number of ether oxygens (including phenoxy) is 1. The summed E-state index contributed by atoms with van der Waals surface area (Å²) in [6, 6.07) is 9.37. The average molecular weight is 348 g/mol. The van der Waals surface area contributed by atoms with E-state index in [1.807, 2.05) is 30.3 Å². The van der Waals surface area contributed by atoms with Crippen LogP contribution in [0.4, 0.5) is 5.82 Å². The zero-order valence-corrected chi connectivity index (χ0v) is 13.3. The first-order valence-corrected chi connectivity index (χ1v) is 7.81. The monoisotopic (exact) mass is 348 g/mol. The van der Waals surface area contributed by atoms with Gasteiger partial charge in [0.2, 0.25) is 0 Å². The van der Waals surface area contributed by atoms with Crippen LogP contribution < -0.4 is 11.1 Å². The number of nitrogen functional groups attached to an aromatic ring is 1. The Bertz CT molecular complexity index is 735. The van der Waals surface area contributed by atoms with Crippen molar-refractivity contribution in [2.24, 2.45) is 0 Å². The van der Waals surface area contributed by atoms with Gasteiger partial charge in [-0.1, -0.05) is 30.3 Å². The number of nitrogens with zero attached hydrogens (tertiary/aromatic N) is 1. The van der Waals surface area contributed by atoms with Crippen LogP contribution in [0.3, 0.4) is 0 Å². The number of benzene rings is 1. The fourth-order valence-corrected chi connectivity index (χ4v) is 2.71. The summed E-state index contributed by atoms with van der Waals surface area (Å²) in [6.07, 6.45) is -4.48. The zero-order chi connectivity index (χ0) is 18.0. The van der Waals surface area contributed by atoms with E-state index in [4.69, 9.17) is 15.6 Å². The summed E-state index contributed by atoms with van der Waals surface area (Å²) in [6.45, 7) is -0.128. The molecule has 1 saturated heterocycles. The largest absolute Gasteiger partial charge is 0.394 e. The van der Waals surface area contributed by atoms with Crippen molar-refractivity contribution in [1.82, 2.24) is 15.3 Å². The van der Waals surface area contributed by atoms with E-state index >= 15 is 0 Å². The molecule has 1 aliphatic rings. The molecule has 134 valence electrons. The Balaban J connectivity index is 1.71. The molecule has 9 heteroatoms. The van der Waals surface area contributed by atoms with Gasteiger partial charge < -0.3 is 36.1 Å². The van der Waals surface area contributed by atoms with Crippen molar-refractivity contribution in [2.75, 3.05) is 12.3 Å². The average Bonchev–Trinajstić information content (AvgIpc) is 3.14. The zero-order valence-electron chi connectivity index (χ0n) is 13.3. The van der Waals surface area contributed by atoms with Crippen molar-refractivity contribution >= 4 is 11.7 Å². The van der Waals surface area contributed by atoms with E-state index in [1.165, 1.54) is 0 Å². The molecule has 2 aromatic rings. The summed E-state index contributed by atoms with van der Waals surface area (Å²) in [4.78, 5) is 19.0. The summed E-state index contributed by atoms with van der Waals surface area (Å²) in [5.41, 5.74) is 6.75. The lowest BCUT2D eigenvalue weighted by molar-refractivity contribution is -0.0250. The van der Waals surface area contributed by atoms with Gasteiger partial charge in [-0.15, -0.1) is 0 Å². The Morgan fingerprint density at radius 2 is 2.00 bits per heavy atom. The number of anilines is 1. The van der Waals surface area contributed by atoms with Crippen LogP contribution >= 0.6 is 0 Å². The molecule has 1 aromatic heterocycles. The number of carbonyl (C=O) groups is 1. The molecule has 0 radical (unpaired) electrons. The maximum Gasteiger partial charge on any atom is 0.271 e. The predicted molar refractivity (Wildman–Crippen MR) is 87.3 cm³/mol. The van der Waals surface area contributed by atoms with Crippen LogP contribution in [0.15, 0.2) is 30.3 Å². The minimum Gasteiger partial charge on any atom is -0.394 e. The molecule has 25 heavy (non-hydrogen) atoms. The molecule has 4 atom stereocenters. The topological polar surface area (TPSA) is 154 Å². The highest BCUT2D eigenvalue weighted by molar-refractivity contribution is 5.96. The summed E-state index contributed by atoms with van der Waals surface area (Å²) >= 11 is 0. The predicted octanol–water partition coefficient (Wildman–Crippen LogP) is -0.924. The molecule has 3 rings (SSSR count). The highest BCUT2D eigenvalue weighted by Crippen LogP contribution is 2.32. The number of nitrogens with one attached hydrogen (secondary N) is 2. The van der Waals surface area contributed by atoms with Gasteiger partial charge >= 0.3 is 0 Å². The number of aromatic amines is 1. The number of hydrogen-bond acceptors (Lipinski definition) is 7. The molecule has 1 fully saturated rings. The van der Waals surface area contributed by atoms with Gasteiger partial charge in [-0.2, -0.15) is 0 Å². The lowest BCUT2D eigenvalue weighted by Gasteiger charge is -2.11. The fourth-order valence-electron chi connectivity index (χ4n) is 2.71. The number of rotatable bonds is 5. The lowest BCUT2D eigenvalue weighted by Crippen LogP contribution is -2.32. The summed E-state index contributed by atoms with van der Waals surface area (Å²) in [7, 11) is 0. The Hall–Kier alpha value is -2.46. The molecule has 1 amide bonds. The Morgan fingerprint density at radius 3 is 2.64 bits per heavy atom. The number of carbonyl (C=O) groups excluding carboxylic acids is 1. The molecule has 7 N–H and O–H groups in total. The quantitative estimate of drug-likeness (QED) is 0.408. The van der Waals surface area contributed by atoms with Gasteiger partial charge in [-0.3, -0.25) is 4.79 Å². The number of nitrogens with two attached hydrogens (primary N) is 1. The second-order valence-corrected chi connectivity index (χ2v) is 5.81. The Morgan fingerprint density at radius 1 is 1.28 bits per heavy atom. The molecule has 9 nitrogen and oxygen atoms in total. The number of aliphatic hydroxyl groups excluding tert-OH is 3. The van der Waals surface area contributed by atoms with Crippen molar-refractivity contribution < 1.29 is 24.9 Å². The summed E-state index contributed by atoms with van der Waals surface area (Å²) in [5.74, 6) is -0.380. The number of aromatic nitrogens is 2. The minimum absolute atomic E-state index is 0.0432. The molecule has 0 saturated carbocycles. The van der Waals surface area contributed by atoms with E-state index in [1.54, 1.807) is 0 Å². The Labute approximate surface area is 143 Å². The molecular weight excluding hydrogens is 328 g/mol. The van der Waals surface area contributed by atoms with E-state index in [0.717, 1.165) is 5.56 Å². The van der Waals surface area contributed by atoms with E-state index in [0.29, 0.717) is 6.54 Å². The highest BCUT2D eigenvalue weighted by Gasteiger charge is 2.44. The van der Waals surface area contributed by atoms with Crippen LogP contribution in [0.2, 0.25) is 0 Å². The maximum atomic E-state index is 12.3. The second-order valence-electron chi connectivity index (χ2n) is 5.81. The Kier molecular flexibility index (Phi) is 5.00. The molecule has 0 unspecified atom stereocenters. The molecule has 0 spiro atoms. The van der Waals surface area contributed by atoms with Crippen molar-refractivity contribution in [1.29, 1.82) is 0 Å². The normalized spacial score (nSPS) is 25.9. The summed E-state index contributed by atoms with van der Waals surface area (Å²) < 4.78 is 5.37. The fraction of sp³-hybridized carbons (Fsp3) is 0.375. The van der Waals surface area contributed by atoms with E-state index in [-0.39, 0.29) is 17.3 Å². The van der Waals surface area contributed by atoms with E-state index < -0.39 is 36.9 Å². The lowest BCUT2D eigenvalue weighted by atomic mass is 10.1. The van der Waals surface area contributed by atoms with Crippen molar-refractivity contribution in [3.05, 3.63) is 47.4 Å². The summed E-state index contributed by atoms with van der Waals surface area (Å²) in [5, 5.41) is 31.7. The van der Waals surface area contributed by atoms with Crippen molar-refractivity contribution in [3.8, 4) is 0 Å². The number of aliphatic hydroxyl groups is 3. The third-order valence-corrected chi connectivity index (χ3v) is 4.08. The number of H-pyrrole nitrogens is 1. The van der Waals surface area contributed by atoms with Gasteiger partial charge in [0.15, 0.2) is 5.82 Å². The molecule has 1 aromatic carbocycles. The van der Waals surface area contributed by atoms with Crippen LogP contribution in [0.1, 0.15) is 28.0 Å². The number of hydrogen-bond donors (Lipinski definition) is 6. The molecular formula is C16H20N4O5. The number of imidazole rings is 1. The SMILES string of the molecule is Nc1nc([C@@H]2O[C@H](CO)[C@H](O)[C@@H]2O)[nH]c1C(=O)NCc1ccccc1. The maximum absolute atomic E-state index is 12.3. The van der Waals surface area contributed by atoms with E-state index in [9.17, 15) is 15.0 Å². The number of amides is 1. The molecule has 2 heterocycles. The van der Waals surface area contributed by atoms with E-state index in [2.05, 4.69) is 15.3 Å². The molecule has 0 aliphatic carbocycles. The van der Waals surface area contributed by atoms with Crippen molar-refractivity contribution in [3.63, 3.8) is 0 Å². The van der Waals surface area contributed by atoms with Gasteiger partial charge in [-0.25, -0.2) is 4.98 Å². The van der Waals surface area contributed by atoms with Crippen LogP contribution in [0, 0.1) is 0 Å². The highest BCUT2D eigenvalue weighted by atomic mass is 16.6. The van der Waals surface area contributed by atoms with Gasteiger partial charge in [0.25, 0.3) is 5.91 Å². The van der Waals surface area contributed by atoms with Crippen LogP contribution in [-0.2, 0) is 11.3 Å². The second kappa shape index (κ2) is 7.19. The van der Waals surface area contributed by atoms with Crippen LogP contribution in [0.5, 0.6) is 0 Å². The van der Waals surface area contributed by atoms with Gasteiger partial charge in [-0.05, 0) is 5.56 Å². The third-order valence-electron chi connectivity index (χ3n) is 4.08. The molecule has 0 bridgehead atoms. The van der Waals surface area contributed by atoms with Crippen molar-refractivity contribution in [2.45, 2.75) is 31.0 Å². The first-order valence-electron chi connectivity index (χ1n) is 7.81. The minimum atomic E-state index is -1.29.